The Bertz CT molecular complexity index is 823. The molecule has 0 radical (unpaired) electrons. The van der Waals surface area contributed by atoms with Gasteiger partial charge in [-0.25, -0.2) is 13.2 Å². The van der Waals surface area contributed by atoms with Crippen molar-refractivity contribution in [3.63, 3.8) is 0 Å². The molecule has 0 aliphatic carbocycles. The zero-order chi connectivity index (χ0) is 19.4. The second-order valence-corrected chi connectivity index (χ2v) is 6.34. The first kappa shape index (κ1) is 19.8. The highest BCUT2D eigenvalue weighted by Gasteiger charge is 2.27. The molecule has 1 atom stereocenters. The highest BCUT2D eigenvalue weighted by atomic mass is 35.5. The topological polar surface area (TPSA) is 58.2 Å². The lowest BCUT2D eigenvalue weighted by Gasteiger charge is -2.22. The Labute approximate surface area is 153 Å². The van der Waals surface area contributed by atoms with Gasteiger partial charge in [0.25, 0.3) is 5.91 Å². The van der Waals surface area contributed by atoms with Gasteiger partial charge in [0.05, 0.1) is 5.69 Å². The molecule has 2 amide bonds. The van der Waals surface area contributed by atoms with Gasteiger partial charge in [-0.05, 0) is 36.2 Å². The zero-order valence-corrected chi connectivity index (χ0v) is 14.7. The number of carbonyl (C=O) groups is 2. The minimum absolute atomic E-state index is 0.128. The summed E-state index contributed by atoms with van der Waals surface area (Å²) in [7, 11) is 0. The van der Waals surface area contributed by atoms with Crippen LogP contribution in [0.5, 0.6) is 0 Å². The molecule has 138 valence electrons. The molecular weight excluding hydrogens is 369 g/mol. The van der Waals surface area contributed by atoms with Crippen molar-refractivity contribution in [3.8, 4) is 0 Å². The van der Waals surface area contributed by atoms with Crippen molar-refractivity contribution in [2.24, 2.45) is 5.92 Å². The molecule has 8 heteroatoms. The van der Waals surface area contributed by atoms with Crippen molar-refractivity contribution in [2.75, 3.05) is 5.32 Å². The van der Waals surface area contributed by atoms with Gasteiger partial charge in [-0.1, -0.05) is 31.5 Å². The summed E-state index contributed by atoms with van der Waals surface area (Å²) in [6.45, 7) is 3.25. The fraction of sp³-hybridized carbons (Fsp3) is 0.222. The van der Waals surface area contributed by atoms with Gasteiger partial charge in [0.1, 0.15) is 29.1 Å². The van der Waals surface area contributed by atoms with Crippen LogP contribution in [0.1, 0.15) is 24.2 Å². The van der Waals surface area contributed by atoms with Crippen LogP contribution in [0.3, 0.4) is 0 Å². The third-order valence-electron chi connectivity index (χ3n) is 3.61. The van der Waals surface area contributed by atoms with E-state index in [-0.39, 0.29) is 10.7 Å². The minimum atomic E-state index is -1.14. The molecule has 2 rings (SSSR count). The molecule has 0 aliphatic heterocycles. The van der Waals surface area contributed by atoms with E-state index in [2.05, 4.69) is 10.6 Å². The Morgan fingerprint density at radius 2 is 1.62 bits per heavy atom. The fourth-order valence-electron chi connectivity index (χ4n) is 2.26. The lowest BCUT2D eigenvalue weighted by molar-refractivity contribution is -0.118. The van der Waals surface area contributed by atoms with Crippen LogP contribution in [-0.4, -0.2) is 17.9 Å². The number of hydrogen-bond donors (Lipinski definition) is 2. The summed E-state index contributed by atoms with van der Waals surface area (Å²) in [6.07, 6.45) is 0. The summed E-state index contributed by atoms with van der Waals surface area (Å²) in [5.74, 6) is -5.08. The van der Waals surface area contributed by atoms with E-state index < -0.39 is 46.8 Å². The summed E-state index contributed by atoms with van der Waals surface area (Å²) in [5.41, 5.74) is -0.917. The molecule has 0 saturated carbocycles. The molecule has 0 bridgehead atoms. The van der Waals surface area contributed by atoms with E-state index >= 15 is 0 Å². The normalized spacial score (nSPS) is 12.0. The summed E-state index contributed by atoms with van der Waals surface area (Å²) < 4.78 is 41.3. The first-order valence-corrected chi connectivity index (χ1v) is 8.09. The first-order valence-electron chi connectivity index (χ1n) is 7.71. The van der Waals surface area contributed by atoms with E-state index in [0.29, 0.717) is 0 Å². The second-order valence-electron chi connectivity index (χ2n) is 5.91. The van der Waals surface area contributed by atoms with E-state index in [1.54, 1.807) is 13.8 Å². The van der Waals surface area contributed by atoms with Gasteiger partial charge in [-0.2, -0.15) is 0 Å². The molecule has 2 N–H and O–H groups in total. The molecule has 0 heterocycles. The minimum Gasteiger partial charge on any atom is -0.340 e. The molecule has 0 unspecified atom stereocenters. The van der Waals surface area contributed by atoms with E-state index in [4.69, 9.17) is 11.6 Å². The van der Waals surface area contributed by atoms with E-state index in [0.717, 1.165) is 24.3 Å². The Balaban J connectivity index is 2.20. The summed E-state index contributed by atoms with van der Waals surface area (Å²) in [5, 5.41) is 4.77. The van der Waals surface area contributed by atoms with Gasteiger partial charge in [0, 0.05) is 5.02 Å². The number of halogens is 4. The monoisotopic (exact) mass is 384 g/mol. The van der Waals surface area contributed by atoms with Crippen LogP contribution in [0.4, 0.5) is 18.9 Å². The van der Waals surface area contributed by atoms with Crippen molar-refractivity contribution in [1.82, 2.24) is 5.32 Å². The molecule has 0 aliphatic rings. The maximum Gasteiger partial charge on any atom is 0.257 e. The van der Waals surface area contributed by atoms with Gasteiger partial charge in [0.2, 0.25) is 5.91 Å². The van der Waals surface area contributed by atoms with Crippen LogP contribution >= 0.6 is 11.6 Å². The Morgan fingerprint density at radius 3 is 2.15 bits per heavy atom. The Morgan fingerprint density at radius 1 is 1.00 bits per heavy atom. The van der Waals surface area contributed by atoms with Gasteiger partial charge in [0.15, 0.2) is 0 Å². The third kappa shape index (κ3) is 4.54. The van der Waals surface area contributed by atoms with E-state index in [9.17, 15) is 22.8 Å². The largest absolute Gasteiger partial charge is 0.340 e. The van der Waals surface area contributed by atoms with E-state index in [1.807, 2.05) is 0 Å². The average molecular weight is 385 g/mol. The number of anilines is 1. The lowest BCUT2D eigenvalue weighted by atomic mass is 10.0. The fourth-order valence-corrected chi connectivity index (χ4v) is 2.42. The molecule has 4 nitrogen and oxygen atoms in total. The van der Waals surface area contributed by atoms with Crippen molar-refractivity contribution < 1.29 is 22.8 Å². The van der Waals surface area contributed by atoms with Crippen LogP contribution in [0.2, 0.25) is 5.02 Å². The molecular formula is C18H16ClF3N2O2. The number of carbonyl (C=O) groups excluding carboxylic acids is 2. The van der Waals surface area contributed by atoms with Gasteiger partial charge < -0.3 is 10.6 Å². The standard InChI is InChI=1S/C18H16ClF3N2O2/c1-9(2)16(18(26)23-14-7-6-10(19)8-13(14)22)24-17(25)15-11(20)4-3-5-12(15)21/h3-9,16H,1-2H3,(H,23,26)(H,24,25)/t16-/m0/s1. The predicted octanol–water partition coefficient (Wildman–Crippen LogP) is 4.15. The SMILES string of the molecule is CC(C)[C@H](NC(=O)c1c(F)cccc1F)C(=O)Nc1ccc(Cl)cc1F. The number of rotatable bonds is 5. The lowest BCUT2D eigenvalue weighted by Crippen LogP contribution is -2.47. The summed E-state index contributed by atoms with van der Waals surface area (Å²) in [6, 6.07) is 5.53. The zero-order valence-electron chi connectivity index (χ0n) is 13.9. The third-order valence-corrected chi connectivity index (χ3v) is 3.85. The second kappa shape index (κ2) is 8.23. The number of hydrogen-bond acceptors (Lipinski definition) is 2. The molecule has 2 aromatic carbocycles. The van der Waals surface area contributed by atoms with Crippen LogP contribution in [0.15, 0.2) is 36.4 Å². The molecule has 0 aromatic heterocycles. The number of nitrogens with one attached hydrogen (secondary N) is 2. The Hall–Kier alpha value is -2.54. The maximum atomic E-state index is 13.8. The highest BCUT2D eigenvalue weighted by molar-refractivity contribution is 6.30. The number of amides is 2. The van der Waals surface area contributed by atoms with Crippen molar-refractivity contribution in [1.29, 1.82) is 0 Å². The van der Waals surface area contributed by atoms with Crippen LogP contribution in [0, 0.1) is 23.4 Å². The smallest absolute Gasteiger partial charge is 0.257 e. The molecule has 0 spiro atoms. The van der Waals surface area contributed by atoms with Crippen LogP contribution in [0.25, 0.3) is 0 Å². The molecule has 2 aromatic rings. The van der Waals surface area contributed by atoms with Crippen molar-refractivity contribution in [2.45, 2.75) is 19.9 Å². The maximum absolute atomic E-state index is 13.8. The molecule has 0 saturated heterocycles. The van der Waals surface area contributed by atoms with Crippen LogP contribution in [-0.2, 0) is 4.79 Å². The summed E-state index contributed by atoms with van der Waals surface area (Å²) in [4.78, 5) is 24.6. The van der Waals surface area contributed by atoms with Crippen molar-refractivity contribution in [3.05, 3.63) is 64.4 Å². The number of benzene rings is 2. The van der Waals surface area contributed by atoms with Crippen LogP contribution < -0.4 is 10.6 Å². The van der Waals surface area contributed by atoms with Gasteiger partial charge in [-0.3, -0.25) is 9.59 Å². The average Bonchev–Trinajstić information content (AvgIpc) is 2.54. The summed E-state index contributed by atoms with van der Waals surface area (Å²) >= 11 is 5.65. The first-order chi connectivity index (χ1) is 12.2. The predicted molar refractivity (Wildman–Crippen MR) is 92.5 cm³/mol. The highest BCUT2D eigenvalue weighted by Crippen LogP contribution is 2.20. The van der Waals surface area contributed by atoms with Gasteiger partial charge >= 0.3 is 0 Å². The molecule has 26 heavy (non-hydrogen) atoms. The Kier molecular flexibility index (Phi) is 6.26. The van der Waals surface area contributed by atoms with E-state index in [1.165, 1.54) is 12.1 Å². The van der Waals surface area contributed by atoms with Crippen molar-refractivity contribution >= 4 is 29.1 Å². The van der Waals surface area contributed by atoms with Gasteiger partial charge in [-0.15, -0.1) is 0 Å². The quantitative estimate of drug-likeness (QED) is 0.813. The molecule has 0 fully saturated rings.